The molecule has 1 aromatic carbocycles. The molecule has 20 heavy (non-hydrogen) atoms. The second-order valence-electron chi connectivity index (χ2n) is 4.99. The van der Waals surface area contributed by atoms with E-state index in [1.54, 1.807) is 4.90 Å². The zero-order chi connectivity index (χ0) is 14.7. The van der Waals surface area contributed by atoms with Gasteiger partial charge in [-0.3, -0.25) is 4.79 Å². The van der Waals surface area contributed by atoms with Crippen molar-refractivity contribution in [3.05, 3.63) is 29.8 Å². The van der Waals surface area contributed by atoms with E-state index in [1.807, 2.05) is 6.92 Å². The van der Waals surface area contributed by atoms with E-state index >= 15 is 0 Å². The van der Waals surface area contributed by atoms with Gasteiger partial charge in [0, 0.05) is 18.7 Å². The predicted octanol–water partition coefficient (Wildman–Crippen LogP) is 2.13. The second kappa shape index (κ2) is 6.17. The van der Waals surface area contributed by atoms with E-state index in [4.69, 9.17) is 0 Å². The van der Waals surface area contributed by atoms with Gasteiger partial charge in [-0.25, -0.2) is 0 Å². The van der Waals surface area contributed by atoms with Crippen molar-refractivity contribution >= 4 is 5.91 Å². The number of likely N-dealkylation sites (tertiary alicyclic amines) is 1. The van der Waals surface area contributed by atoms with Crippen LogP contribution >= 0.6 is 0 Å². The maximum Gasteiger partial charge on any atom is 0.387 e. The molecule has 1 saturated heterocycles. The van der Waals surface area contributed by atoms with Gasteiger partial charge in [-0.15, -0.1) is 0 Å². The van der Waals surface area contributed by atoms with Crippen LogP contribution in [0.1, 0.15) is 23.7 Å². The van der Waals surface area contributed by atoms with Crippen molar-refractivity contribution in [2.45, 2.75) is 26.1 Å². The Hall–Kier alpha value is -1.69. The second-order valence-corrected chi connectivity index (χ2v) is 4.99. The smallest absolute Gasteiger partial charge is 0.387 e. The van der Waals surface area contributed by atoms with Crippen molar-refractivity contribution in [2.24, 2.45) is 5.92 Å². The first-order chi connectivity index (χ1) is 9.47. The topological polar surface area (TPSA) is 49.8 Å². The summed E-state index contributed by atoms with van der Waals surface area (Å²) in [5.74, 6) is -0.0968. The standard InChI is InChI=1S/C14H17F2NO3/c1-9-8-17(7-6-12(9)18)13(19)10-2-4-11(5-3-10)20-14(15)16/h2-5,9,12,14,18H,6-8H2,1H3. The maximum absolute atomic E-state index is 12.2. The number of halogens is 2. The molecular formula is C14H17F2NO3. The third-order valence-corrected chi connectivity index (χ3v) is 3.47. The summed E-state index contributed by atoms with van der Waals surface area (Å²) >= 11 is 0. The quantitative estimate of drug-likeness (QED) is 0.925. The van der Waals surface area contributed by atoms with E-state index in [-0.39, 0.29) is 23.7 Å². The van der Waals surface area contributed by atoms with Crippen molar-refractivity contribution in [1.82, 2.24) is 4.90 Å². The SMILES string of the molecule is CC1CN(C(=O)c2ccc(OC(F)F)cc2)CCC1O. The average molecular weight is 285 g/mol. The molecule has 0 aromatic heterocycles. The Labute approximate surface area is 116 Å². The molecule has 6 heteroatoms. The number of amides is 1. The van der Waals surface area contributed by atoms with Crippen molar-refractivity contribution in [2.75, 3.05) is 13.1 Å². The van der Waals surface area contributed by atoms with E-state index in [0.717, 1.165) is 0 Å². The summed E-state index contributed by atoms with van der Waals surface area (Å²) in [7, 11) is 0. The Morgan fingerprint density at radius 2 is 2.05 bits per heavy atom. The number of carbonyl (C=O) groups excluding carboxylic acids is 1. The van der Waals surface area contributed by atoms with E-state index < -0.39 is 6.61 Å². The number of aliphatic hydroxyl groups excluding tert-OH is 1. The highest BCUT2D eigenvalue weighted by molar-refractivity contribution is 5.94. The molecule has 1 aliphatic heterocycles. The van der Waals surface area contributed by atoms with Crippen LogP contribution in [0.15, 0.2) is 24.3 Å². The van der Waals surface area contributed by atoms with Crippen LogP contribution in [-0.4, -0.2) is 41.7 Å². The molecule has 1 amide bonds. The Kier molecular flexibility index (Phi) is 4.54. The number of ether oxygens (including phenoxy) is 1. The molecule has 0 bridgehead atoms. The number of alkyl halides is 2. The fourth-order valence-electron chi connectivity index (χ4n) is 2.28. The predicted molar refractivity (Wildman–Crippen MR) is 68.8 cm³/mol. The Morgan fingerprint density at radius 1 is 1.40 bits per heavy atom. The number of hydrogen-bond donors (Lipinski definition) is 1. The molecule has 0 radical (unpaired) electrons. The van der Waals surface area contributed by atoms with Crippen molar-refractivity contribution < 1.29 is 23.4 Å². The summed E-state index contributed by atoms with van der Waals surface area (Å²) < 4.78 is 28.3. The summed E-state index contributed by atoms with van der Waals surface area (Å²) in [6.45, 7) is 0.0134. The van der Waals surface area contributed by atoms with Crippen molar-refractivity contribution in [3.63, 3.8) is 0 Å². The van der Waals surface area contributed by atoms with Gasteiger partial charge in [-0.05, 0) is 36.6 Å². The Balaban J connectivity index is 2.02. The summed E-state index contributed by atoms with van der Waals surface area (Å²) in [4.78, 5) is 13.9. The number of carbonyl (C=O) groups is 1. The van der Waals surface area contributed by atoms with Gasteiger partial charge in [0.05, 0.1) is 6.10 Å². The van der Waals surface area contributed by atoms with E-state index in [1.165, 1.54) is 24.3 Å². The van der Waals surface area contributed by atoms with Crippen LogP contribution in [0.4, 0.5) is 8.78 Å². The highest BCUT2D eigenvalue weighted by Crippen LogP contribution is 2.20. The molecule has 2 unspecified atom stereocenters. The normalized spacial score (nSPS) is 22.9. The van der Waals surface area contributed by atoms with Crippen LogP contribution in [0.25, 0.3) is 0 Å². The van der Waals surface area contributed by atoms with Crippen LogP contribution in [0, 0.1) is 5.92 Å². The van der Waals surface area contributed by atoms with Gasteiger partial charge in [-0.1, -0.05) is 6.92 Å². The summed E-state index contributed by atoms with van der Waals surface area (Å²) in [5.41, 5.74) is 0.426. The number of piperidine rings is 1. The molecule has 0 saturated carbocycles. The highest BCUT2D eigenvalue weighted by Gasteiger charge is 2.27. The van der Waals surface area contributed by atoms with Crippen LogP contribution in [-0.2, 0) is 0 Å². The molecule has 0 aliphatic carbocycles. The van der Waals surface area contributed by atoms with Gasteiger partial charge < -0.3 is 14.7 Å². The Bertz CT molecular complexity index is 464. The molecule has 1 aliphatic rings. The van der Waals surface area contributed by atoms with E-state index in [0.29, 0.717) is 25.1 Å². The molecule has 1 N–H and O–H groups in total. The van der Waals surface area contributed by atoms with E-state index in [9.17, 15) is 18.7 Å². The monoisotopic (exact) mass is 285 g/mol. The van der Waals surface area contributed by atoms with Crippen LogP contribution in [0.5, 0.6) is 5.75 Å². The molecule has 0 spiro atoms. The van der Waals surface area contributed by atoms with Crippen LogP contribution < -0.4 is 4.74 Å². The molecule has 1 aromatic rings. The van der Waals surface area contributed by atoms with Gasteiger partial charge in [0.15, 0.2) is 0 Å². The molecule has 2 rings (SSSR count). The lowest BCUT2D eigenvalue weighted by atomic mass is 9.96. The van der Waals surface area contributed by atoms with E-state index in [2.05, 4.69) is 4.74 Å². The largest absolute Gasteiger partial charge is 0.435 e. The molecule has 4 nitrogen and oxygen atoms in total. The van der Waals surface area contributed by atoms with Gasteiger partial charge in [0.1, 0.15) is 5.75 Å². The zero-order valence-electron chi connectivity index (χ0n) is 11.1. The zero-order valence-corrected chi connectivity index (χ0v) is 11.1. The third kappa shape index (κ3) is 3.45. The van der Waals surface area contributed by atoms with Crippen LogP contribution in [0.3, 0.4) is 0 Å². The highest BCUT2D eigenvalue weighted by atomic mass is 19.3. The molecule has 1 heterocycles. The molecule has 110 valence electrons. The first-order valence-corrected chi connectivity index (χ1v) is 6.49. The number of aliphatic hydroxyl groups is 1. The van der Waals surface area contributed by atoms with Gasteiger partial charge in [0.25, 0.3) is 5.91 Å². The van der Waals surface area contributed by atoms with Gasteiger partial charge >= 0.3 is 6.61 Å². The summed E-state index contributed by atoms with van der Waals surface area (Å²) in [6.07, 6.45) is 0.181. The number of benzene rings is 1. The van der Waals surface area contributed by atoms with Crippen molar-refractivity contribution in [1.29, 1.82) is 0 Å². The first kappa shape index (κ1) is 14.7. The van der Waals surface area contributed by atoms with Crippen LogP contribution in [0.2, 0.25) is 0 Å². The summed E-state index contributed by atoms with van der Waals surface area (Å²) in [5, 5.41) is 9.64. The molecule has 2 atom stereocenters. The number of nitrogens with zero attached hydrogens (tertiary/aromatic N) is 1. The lowest BCUT2D eigenvalue weighted by Gasteiger charge is -2.34. The van der Waals surface area contributed by atoms with Crippen molar-refractivity contribution in [3.8, 4) is 5.75 Å². The average Bonchev–Trinajstić information content (AvgIpc) is 2.41. The minimum atomic E-state index is -2.87. The minimum Gasteiger partial charge on any atom is -0.435 e. The first-order valence-electron chi connectivity index (χ1n) is 6.49. The molecular weight excluding hydrogens is 268 g/mol. The van der Waals surface area contributed by atoms with Gasteiger partial charge in [0.2, 0.25) is 0 Å². The Morgan fingerprint density at radius 3 is 2.60 bits per heavy atom. The lowest BCUT2D eigenvalue weighted by Crippen LogP contribution is -2.44. The fourth-order valence-corrected chi connectivity index (χ4v) is 2.28. The minimum absolute atomic E-state index is 0.0268. The fraction of sp³-hybridized carbons (Fsp3) is 0.500. The maximum atomic E-state index is 12.2. The van der Waals surface area contributed by atoms with Gasteiger partial charge in [-0.2, -0.15) is 8.78 Å². The third-order valence-electron chi connectivity index (χ3n) is 3.47. The summed E-state index contributed by atoms with van der Waals surface area (Å²) in [6, 6.07) is 5.63. The lowest BCUT2D eigenvalue weighted by molar-refractivity contribution is -0.0498. The number of hydrogen-bond acceptors (Lipinski definition) is 3. The molecule has 1 fully saturated rings. The number of rotatable bonds is 3.